The molecule has 0 bridgehead atoms. The molecule has 7 heteroatoms. The number of hydrogen-bond acceptors (Lipinski definition) is 6. The summed E-state index contributed by atoms with van der Waals surface area (Å²) < 4.78 is 0. The van der Waals surface area contributed by atoms with E-state index in [0.29, 0.717) is 6.54 Å². The molecule has 0 aliphatic carbocycles. The van der Waals surface area contributed by atoms with Gasteiger partial charge in [0.05, 0.1) is 6.04 Å². The fraction of sp³-hybridized carbons (Fsp3) is 0.933. The fourth-order valence-electron chi connectivity index (χ4n) is 1.91. The number of carbonyl (C=O) groups excluding carboxylic acids is 1. The van der Waals surface area contributed by atoms with Gasteiger partial charge in [-0.15, -0.1) is 0 Å². The highest BCUT2D eigenvalue weighted by molar-refractivity contribution is 7.98. The second-order valence-electron chi connectivity index (χ2n) is 5.38. The van der Waals surface area contributed by atoms with Crippen molar-refractivity contribution in [2.75, 3.05) is 51.3 Å². The van der Waals surface area contributed by atoms with E-state index in [1.165, 1.54) is 12.8 Å². The van der Waals surface area contributed by atoms with Crippen LogP contribution in [-0.2, 0) is 4.79 Å². The molecule has 0 aromatic rings. The molecule has 0 aliphatic rings. The van der Waals surface area contributed by atoms with E-state index < -0.39 is 0 Å². The van der Waals surface area contributed by atoms with Gasteiger partial charge in [-0.1, -0.05) is 0 Å². The second kappa shape index (κ2) is 17.0. The summed E-state index contributed by atoms with van der Waals surface area (Å²) in [6.07, 6.45) is 7.10. The normalized spacial score (nSPS) is 12.3. The Morgan fingerprint density at radius 1 is 1.00 bits per heavy atom. The molecular formula is C15H35N5OS. The van der Waals surface area contributed by atoms with E-state index in [4.69, 9.17) is 11.5 Å². The maximum absolute atomic E-state index is 11.7. The van der Waals surface area contributed by atoms with Crippen LogP contribution in [0.15, 0.2) is 0 Å². The Morgan fingerprint density at radius 2 is 1.59 bits per heavy atom. The standard InChI is InChI=1S/C15H35N5OS/c1-22-13-6-14(17)15(21)20-12-5-11-19-9-3-2-8-18-10-4-7-16/h14,18-19H,2-13,16-17H2,1H3,(H,20,21). The molecule has 0 spiro atoms. The van der Waals surface area contributed by atoms with Crippen LogP contribution in [0.4, 0.5) is 0 Å². The molecule has 0 aromatic heterocycles. The molecule has 1 amide bonds. The average molecular weight is 334 g/mol. The van der Waals surface area contributed by atoms with Gasteiger partial charge in [-0.25, -0.2) is 0 Å². The molecule has 0 rings (SSSR count). The number of hydrogen-bond donors (Lipinski definition) is 5. The minimum atomic E-state index is -0.368. The van der Waals surface area contributed by atoms with Crippen LogP contribution in [0.2, 0.25) is 0 Å². The van der Waals surface area contributed by atoms with Crippen LogP contribution >= 0.6 is 11.8 Å². The molecule has 7 N–H and O–H groups in total. The zero-order valence-corrected chi connectivity index (χ0v) is 14.9. The number of carbonyl (C=O) groups is 1. The highest BCUT2D eigenvalue weighted by Crippen LogP contribution is 1.98. The van der Waals surface area contributed by atoms with E-state index >= 15 is 0 Å². The van der Waals surface area contributed by atoms with E-state index in [1.807, 2.05) is 6.26 Å². The number of nitrogens with one attached hydrogen (secondary N) is 3. The summed E-state index contributed by atoms with van der Waals surface area (Å²) >= 11 is 1.71. The van der Waals surface area contributed by atoms with Gasteiger partial charge in [0, 0.05) is 6.54 Å². The molecule has 0 fully saturated rings. The molecule has 0 aromatic carbocycles. The van der Waals surface area contributed by atoms with Gasteiger partial charge in [0.1, 0.15) is 0 Å². The summed E-state index contributed by atoms with van der Waals surface area (Å²) in [5.74, 6) is 0.898. The van der Waals surface area contributed by atoms with Crippen LogP contribution in [0.3, 0.4) is 0 Å². The van der Waals surface area contributed by atoms with E-state index in [1.54, 1.807) is 11.8 Å². The lowest BCUT2D eigenvalue weighted by atomic mass is 10.2. The first-order valence-electron chi connectivity index (χ1n) is 8.36. The van der Waals surface area contributed by atoms with Gasteiger partial charge in [-0.2, -0.15) is 11.8 Å². The third-order valence-corrected chi connectivity index (χ3v) is 3.96. The van der Waals surface area contributed by atoms with Gasteiger partial charge in [0.15, 0.2) is 0 Å². The minimum Gasteiger partial charge on any atom is -0.355 e. The van der Waals surface area contributed by atoms with Gasteiger partial charge < -0.3 is 27.4 Å². The Kier molecular flexibility index (Phi) is 16.8. The lowest BCUT2D eigenvalue weighted by Gasteiger charge is -2.11. The summed E-state index contributed by atoms with van der Waals surface area (Å²) in [4.78, 5) is 11.7. The van der Waals surface area contributed by atoms with E-state index in [2.05, 4.69) is 16.0 Å². The zero-order valence-electron chi connectivity index (χ0n) is 14.0. The molecule has 1 atom stereocenters. The number of thioether (sulfide) groups is 1. The molecule has 0 heterocycles. The summed E-state index contributed by atoms with van der Waals surface area (Å²) in [5.41, 5.74) is 11.2. The topological polar surface area (TPSA) is 105 Å². The summed E-state index contributed by atoms with van der Waals surface area (Å²) in [6.45, 7) is 5.49. The Hall–Kier alpha value is -0.340. The number of rotatable bonds is 16. The van der Waals surface area contributed by atoms with Crippen LogP contribution < -0.4 is 27.4 Å². The predicted molar refractivity (Wildman–Crippen MR) is 97.2 cm³/mol. The Balaban J connectivity index is 3.21. The first-order valence-corrected chi connectivity index (χ1v) is 9.75. The maximum Gasteiger partial charge on any atom is 0.236 e. The van der Waals surface area contributed by atoms with E-state index in [0.717, 1.165) is 57.7 Å². The van der Waals surface area contributed by atoms with Gasteiger partial charge in [0.25, 0.3) is 0 Å². The summed E-state index contributed by atoms with van der Waals surface area (Å²) in [7, 11) is 0. The molecule has 132 valence electrons. The summed E-state index contributed by atoms with van der Waals surface area (Å²) in [5, 5.41) is 9.65. The van der Waals surface area contributed by atoms with Crippen LogP contribution in [0, 0.1) is 0 Å². The lowest BCUT2D eigenvalue weighted by Crippen LogP contribution is -2.41. The lowest BCUT2D eigenvalue weighted by molar-refractivity contribution is -0.122. The van der Waals surface area contributed by atoms with Crippen molar-refractivity contribution in [3.05, 3.63) is 0 Å². The largest absolute Gasteiger partial charge is 0.355 e. The highest BCUT2D eigenvalue weighted by Gasteiger charge is 2.11. The van der Waals surface area contributed by atoms with Crippen molar-refractivity contribution >= 4 is 17.7 Å². The predicted octanol–water partition coefficient (Wildman–Crippen LogP) is -0.119. The molecule has 0 saturated carbocycles. The molecule has 6 nitrogen and oxygen atoms in total. The van der Waals surface area contributed by atoms with Crippen LogP contribution in [0.5, 0.6) is 0 Å². The SMILES string of the molecule is CSCCC(N)C(=O)NCCCNCCCCNCCCN. The number of unbranched alkanes of at least 4 members (excludes halogenated alkanes) is 1. The van der Waals surface area contributed by atoms with Gasteiger partial charge in [-0.3, -0.25) is 4.79 Å². The van der Waals surface area contributed by atoms with Gasteiger partial charge in [-0.05, 0) is 76.8 Å². The van der Waals surface area contributed by atoms with Gasteiger partial charge in [0.2, 0.25) is 5.91 Å². The fourth-order valence-corrected chi connectivity index (χ4v) is 2.40. The van der Waals surface area contributed by atoms with Crippen LogP contribution in [0.25, 0.3) is 0 Å². The summed E-state index contributed by atoms with van der Waals surface area (Å²) in [6, 6.07) is -0.368. The number of nitrogens with two attached hydrogens (primary N) is 2. The second-order valence-corrected chi connectivity index (χ2v) is 6.37. The first kappa shape index (κ1) is 21.7. The minimum absolute atomic E-state index is 0.0300. The van der Waals surface area contributed by atoms with E-state index in [-0.39, 0.29) is 11.9 Å². The van der Waals surface area contributed by atoms with Crippen LogP contribution in [0.1, 0.15) is 32.1 Å². The van der Waals surface area contributed by atoms with Crippen molar-refractivity contribution in [3.8, 4) is 0 Å². The van der Waals surface area contributed by atoms with Crippen molar-refractivity contribution in [3.63, 3.8) is 0 Å². The first-order chi connectivity index (χ1) is 10.7. The Labute approximate surface area is 139 Å². The van der Waals surface area contributed by atoms with Crippen molar-refractivity contribution in [1.29, 1.82) is 0 Å². The van der Waals surface area contributed by atoms with E-state index in [9.17, 15) is 4.79 Å². The Morgan fingerprint density at radius 3 is 2.18 bits per heavy atom. The molecule has 22 heavy (non-hydrogen) atoms. The smallest absolute Gasteiger partial charge is 0.236 e. The maximum atomic E-state index is 11.7. The Bertz CT molecular complexity index is 256. The van der Waals surface area contributed by atoms with Gasteiger partial charge >= 0.3 is 0 Å². The third kappa shape index (κ3) is 14.6. The molecule has 0 aliphatic heterocycles. The molecule has 0 radical (unpaired) electrons. The average Bonchev–Trinajstić information content (AvgIpc) is 2.53. The van der Waals surface area contributed by atoms with Crippen molar-refractivity contribution in [2.24, 2.45) is 11.5 Å². The third-order valence-electron chi connectivity index (χ3n) is 3.31. The quantitative estimate of drug-likeness (QED) is 0.252. The zero-order chi connectivity index (χ0) is 16.5. The molecule has 1 unspecified atom stereocenters. The number of amides is 1. The van der Waals surface area contributed by atoms with Crippen molar-refractivity contribution < 1.29 is 4.79 Å². The highest BCUT2D eigenvalue weighted by atomic mass is 32.2. The molecular weight excluding hydrogens is 298 g/mol. The molecule has 0 saturated heterocycles. The van der Waals surface area contributed by atoms with Crippen molar-refractivity contribution in [2.45, 2.75) is 38.1 Å². The van der Waals surface area contributed by atoms with Crippen LogP contribution in [-0.4, -0.2) is 63.2 Å². The van der Waals surface area contributed by atoms with Crippen molar-refractivity contribution in [1.82, 2.24) is 16.0 Å². The monoisotopic (exact) mass is 333 g/mol.